The fourth-order valence-electron chi connectivity index (χ4n) is 4.22. The molecule has 1 saturated heterocycles. The third kappa shape index (κ3) is 3.59. The predicted molar refractivity (Wildman–Crippen MR) is 97.6 cm³/mol. The molecule has 3 fully saturated rings. The molecule has 2 bridgehead atoms. The van der Waals surface area contributed by atoms with Gasteiger partial charge in [-0.05, 0) is 57.8 Å². The highest BCUT2D eigenvalue weighted by molar-refractivity contribution is 5.85. The van der Waals surface area contributed by atoms with E-state index in [1.807, 2.05) is 27.7 Å². The molecule has 1 heterocycles. The Morgan fingerprint density at radius 3 is 2.15 bits per heavy atom. The molecule has 0 amide bonds. The fraction of sp³-hybridized carbons (Fsp3) is 0.857. The maximum Gasteiger partial charge on any atom is 0.350 e. The molecule has 4 atom stereocenters. The topological polar surface area (TPSA) is 78.9 Å². The largest absolute Gasteiger partial charge is 0.458 e. The van der Waals surface area contributed by atoms with Crippen molar-refractivity contribution in [1.82, 2.24) is 0 Å². The van der Waals surface area contributed by atoms with Gasteiger partial charge in [0, 0.05) is 6.42 Å². The maximum absolute atomic E-state index is 13.1. The van der Waals surface area contributed by atoms with E-state index in [2.05, 4.69) is 0 Å². The van der Waals surface area contributed by atoms with Gasteiger partial charge in [-0.3, -0.25) is 9.59 Å². The summed E-state index contributed by atoms with van der Waals surface area (Å²) in [4.78, 5) is 37.5. The van der Waals surface area contributed by atoms with Crippen molar-refractivity contribution in [3.63, 3.8) is 0 Å². The molecule has 152 valence electrons. The Bertz CT molecular complexity index is 642. The maximum atomic E-state index is 13.1. The Labute approximate surface area is 161 Å². The summed E-state index contributed by atoms with van der Waals surface area (Å²) in [7, 11) is 0. The van der Waals surface area contributed by atoms with Gasteiger partial charge in [0.1, 0.15) is 12.2 Å². The number of esters is 3. The smallest absolute Gasteiger partial charge is 0.350 e. The predicted octanol–water partition coefficient (Wildman–Crippen LogP) is 3.41. The second-order valence-corrected chi connectivity index (χ2v) is 10.1. The molecule has 6 nitrogen and oxygen atoms in total. The lowest BCUT2D eigenvalue weighted by Gasteiger charge is -2.41. The number of hydrogen-bond donors (Lipinski definition) is 0. The standard InChI is InChI=1S/C21H32O6/c1-19(2,3)21(6,13-8-9-13)18(24)27-20(4,5)17(23)26-14-10-7-12-11-15(14)25-16(12)22/h12-15H,7-11H2,1-6H3. The molecule has 2 aliphatic carbocycles. The van der Waals surface area contributed by atoms with E-state index < -0.39 is 23.1 Å². The Morgan fingerprint density at radius 1 is 0.963 bits per heavy atom. The van der Waals surface area contributed by atoms with Crippen LogP contribution in [0.3, 0.4) is 0 Å². The number of ether oxygens (including phenoxy) is 3. The van der Waals surface area contributed by atoms with Crippen LogP contribution in [0.15, 0.2) is 0 Å². The van der Waals surface area contributed by atoms with Gasteiger partial charge in [0.2, 0.25) is 5.60 Å². The highest BCUT2D eigenvalue weighted by Crippen LogP contribution is 2.56. The number of carbonyl (C=O) groups excluding carboxylic acids is 3. The lowest BCUT2D eigenvalue weighted by atomic mass is 9.64. The van der Waals surface area contributed by atoms with E-state index in [9.17, 15) is 14.4 Å². The van der Waals surface area contributed by atoms with Crippen LogP contribution < -0.4 is 0 Å². The summed E-state index contributed by atoms with van der Waals surface area (Å²) in [6, 6.07) is 0. The Morgan fingerprint density at radius 2 is 1.59 bits per heavy atom. The molecule has 0 aromatic carbocycles. The van der Waals surface area contributed by atoms with E-state index in [-0.39, 0.29) is 35.3 Å². The van der Waals surface area contributed by atoms with Crippen molar-refractivity contribution in [2.75, 3.05) is 0 Å². The van der Waals surface area contributed by atoms with Crippen LogP contribution in [0.25, 0.3) is 0 Å². The van der Waals surface area contributed by atoms with Crippen LogP contribution in [0.4, 0.5) is 0 Å². The molecule has 0 N–H and O–H groups in total. The van der Waals surface area contributed by atoms with Crippen LogP contribution in [-0.4, -0.2) is 35.7 Å². The summed E-state index contributed by atoms with van der Waals surface area (Å²) in [5.41, 5.74) is -2.32. The van der Waals surface area contributed by atoms with Gasteiger partial charge in [-0.2, -0.15) is 0 Å². The van der Waals surface area contributed by atoms with Crippen molar-refractivity contribution in [3.05, 3.63) is 0 Å². The zero-order chi connectivity index (χ0) is 20.2. The molecule has 3 rings (SSSR count). The lowest BCUT2D eigenvalue weighted by Crippen LogP contribution is -2.50. The van der Waals surface area contributed by atoms with E-state index >= 15 is 0 Å². The molecule has 0 aromatic heterocycles. The first-order valence-corrected chi connectivity index (χ1v) is 10.0. The van der Waals surface area contributed by atoms with Crippen molar-refractivity contribution >= 4 is 17.9 Å². The summed E-state index contributed by atoms with van der Waals surface area (Å²) < 4.78 is 16.6. The first-order chi connectivity index (χ1) is 12.4. The van der Waals surface area contributed by atoms with Gasteiger partial charge in [-0.15, -0.1) is 0 Å². The van der Waals surface area contributed by atoms with E-state index in [4.69, 9.17) is 14.2 Å². The van der Waals surface area contributed by atoms with Gasteiger partial charge in [0.25, 0.3) is 0 Å². The second kappa shape index (κ2) is 6.49. The first kappa shape index (κ1) is 20.2. The van der Waals surface area contributed by atoms with E-state index in [1.165, 1.54) is 0 Å². The van der Waals surface area contributed by atoms with Crippen molar-refractivity contribution in [2.24, 2.45) is 22.7 Å². The second-order valence-electron chi connectivity index (χ2n) is 10.1. The van der Waals surface area contributed by atoms with Gasteiger partial charge in [-0.1, -0.05) is 20.8 Å². The summed E-state index contributed by atoms with van der Waals surface area (Å²) in [6.45, 7) is 11.2. The molecule has 0 radical (unpaired) electrons. The van der Waals surface area contributed by atoms with Crippen LogP contribution in [0.2, 0.25) is 0 Å². The zero-order valence-electron chi connectivity index (χ0n) is 17.3. The van der Waals surface area contributed by atoms with E-state index in [0.29, 0.717) is 19.3 Å². The summed E-state index contributed by atoms with van der Waals surface area (Å²) in [6.07, 6.45) is 3.03. The lowest BCUT2D eigenvalue weighted by molar-refractivity contribution is -0.196. The van der Waals surface area contributed by atoms with Crippen molar-refractivity contribution in [1.29, 1.82) is 0 Å². The molecular formula is C21H32O6. The Hall–Kier alpha value is -1.59. The third-order valence-electron chi connectivity index (χ3n) is 6.81. The Balaban J connectivity index is 1.66. The van der Waals surface area contributed by atoms with Gasteiger partial charge < -0.3 is 14.2 Å². The van der Waals surface area contributed by atoms with Crippen molar-refractivity contribution in [2.45, 2.75) is 91.5 Å². The minimum atomic E-state index is -1.39. The summed E-state index contributed by atoms with van der Waals surface area (Å²) >= 11 is 0. The third-order valence-corrected chi connectivity index (χ3v) is 6.81. The van der Waals surface area contributed by atoms with Crippen molar-refractivity contribution < 1.29 is 28.6 Å². The minimum Gasteiger partial charge on any atom is -0.458 e. The molecule has 27 heavy (non-hydrogen) atoms. The molecule has 3 aliphatic rings. The van der Waals surface area contributed by atoms with Crippen LogP contribution in [0.1, 0.15) is 73.6 Å². The zero-order valence-corrected chi connectivity index (χ0v) is 17.3. The molecule has 1 aliphatic heterocycles. The average Bonchev–Trinajstić information content (AvgIpc) is 3.34. The Kier molecular flexibility index (Phi) is 4.84. The molecule has 0 aromatic rings. The quantitative estimate of drug-likeness (QED) is 0.537. The SMILES string of the molecule is CC(C)(OC(=O)C(C)(C1CC1)C(C)(C)C)C(=O)OC1CCC2CC1OC2=O. The molecule has 0 spiro atoms. The molecule has 4 unspecified atom stereocenters. The van der Waals surface area contributed by atoms with Gasteiger partial charge in [0.15, 0.2) is 0 Å². The normalized spacial score (nSPS) is 30.3. The summed E-state index contributed by atoms with van der Waals surface area (Å²) in [5.74, 6) is -0.925. The molecular weight excluding hydrogens is 348 g/mol. The molecule has 6 heteroatoms. The van der Waals surface area contributed by atoms with Gasteiger partial charge in [0.05, 0.1) is 11.3 Å². The summed E-state index contributed by atoms with van der Waals surface area (Å²) in [5, 5.41) is 0. The van der Waals surface area contributed by atoms with Crippen LogP contribution in [-0.2, 0) is 28.6 Å². The number of fused-ring (bicyclic) bond motifs is 2. The number of rotatable bonds is 5. The van der Waals surface area contributed by atoms with Crippen LogP contribution in [0.5, 0.6) is 0 Å². The van der Waals surface area contributed by atoms with E-state index in [1.54, 1.807) is 13.8 Å². The highest BCUT2D eigenvalue weighted by atomic mass is 16.6. The van der Waals surface area contributed by atoms with Crippen molar-refractivity contribution in [3.8, 4) is 0 Å². The monoisotopic (exact) mass is 380 g/mol. The minimum absolute atomic E-state index is 0.0678. The fourth-order valence-corrected chi connectivity index (χ4v) is 4.22. The van der Waals surface area contributed by atoms with Gasteiger partial charge >= 0.3 is 17.9 Å². The number of carbonyl (C=O) groups is 3. The van der Waals surface area contributed by atoms with Crippen LogP contribution in [0, 0.1) is 22.7 Å². The first-order valence-electron chi connectivity index (χ1n) is 10.0. The van der Waals surface area contributed by atoms with Gasteiger partial charge in [-0.25, -0.2) is 4.79 Å². The van der Waals surface area contributed by atoms with Crippen LogP contribution >= 0.6 is 0 Å². The molecule has 2 saturated carbocycles. The average molecular weight is 380 g/mol. The van der Waals surface area contributed by atoms with E-state index in [0.717, 1.165) is 12.8 Å². The highest BCUT2D eigenvalue weighted by Gasteiger charge is 2.57. The number of hydrogen-bond acceptors (Lipinski definition) is 6.